The second-order valence-electron chi connectivity index (χ2n) is 6.21. The molecule has 3 aromatic rings. The van der Waals surface area contributed by atoms with Crippen molar-refractivity contribution in [3.63, 3.8) is 0 Å². The summed E-state index contributed by atoms with van der Waals surface area (Å²) < 4.78 is 32.9. The molecule has 8 heteroatoms. The van der Waals surface area contributed by atoms with E-state index < -0.39 is 12.7 Å². The quantitative estimate of drug-likeness (QED) is 0.597. The number of alkyl halides is 2. The summed E-state index contributed by atoms with van der Waals surface area (Å²) in [5.74, 6) is 0.680. The SMILES string of the molecule is OC1CC(Cc2cc(Cl)ccc2OC(F)F)n2c1nc1ccc(Br)cc12. The molecule has 0 spiro atoms. The van der Waals surface area contributed by atoms with Gasteiger partial charge in [0.05, 0.1) is 11.0 Å². The molecule has 1 N–H and O–H groups in total. The number of aliphatic hydroxyl groups is 1. The van der Waals surface area contributed by atoms with Crippen molar-refractivity contribution in [1.82, 2.24) is 9.55 Å². The number of rotatable bonds is 4. The predicted octanol–water partition coefficient (Wildman–Crippen LogP) is 5.27. The van der Waals surface area contributed by atoms with Crippen LogP contribution >= 0.6 is 27.5 Å². The zero-order valence-corrected chi connectivity index (χ0v) is 15.7. The number of hydrogen-bond acceptors (Lipinski definition) is 3. The van der Waals surface area contributed by atoms with E-state index in [1.54, 1.807) is 6.07 Å². The zero-order chi connectivity index (χ0) is 18.4. The number of aliphatic hydroxyl groups excluding tert-OH is 1. The smallest absolute Gasteiger partial charge is 0.387 e. The minimum atomic E-state index is -2.91. The zero-order valence-electron chi connectivity index (χ0n) is 13.4. The molecule has 0 radical (unpaired) electrons. The summed E-state index contributed by atoms with van der Waals surface area (Å²) in [4.78, 5) is 4.51. The van der Waals surface area contributed by atoms with Gasteiger partial charge in [-0.1, -0.05) is 27.5 Å². The molecule has 0 saturated carbocycles. The molecule has 1 aliphatic rings. The van der Waals surface area contributed by atoms with E-state index in [0.717, 1.165) is 15.5 Å². The van der Waals surface area contributed by atoms with E-state index in [1.807, 2.05) is 22.8 Å². The van der Waals surface area contributed by atoms with Crippen molar-refractivity contribution in [3.05, 3.63) is 57.3 Å². The van der Waals surface area contributed by atoms with Crippen LogP contribution in [0.1, 0.15) is 30.0 Å². The van der Waals surface area contributed by atoms with Crippen LogP contribution in [-0.4, -0.2) is 21.3 Å². The standard InChI is InChI=1S/C18H14BrClF2N2O2/c19-10-1-3-13-14(7-10)24-12(8-15(25)17(24)23-13)6-9-5-11(20)2-4-16(9)26-18(21)22/h1-5,7,12,15,18,25H,6,8H2. The fourth-order valence-corrected chi connectivity index (χ4v) is 4.06. The molecule has 0 fully saturated rings. The topological polar surface area (TPSA) is 47.3 Å². The summed E-state index contributed by atoms with van der Waals surface area (Å²) >= 11 is 9.50. The van der Waals surface area contributed by atoms with Crippen LogP contribution in [0.5, 0.6) is 5.75 Å². The monoisotopic (exact) mass is 442 g/mol. The highest BCUT2D eigenvalue weighted by molar-refractivity contribution is 9.10. The molecule has 0 saturated heterocycles. The number of hydrogen-bond donors (Lipinski definition) is 1. The van der Waals surface area contributed by atoms with E-state index in [4.69, 9.17) is 11.6 Å². The number of aromatic nitrogens is 2. The van der Waals surface area contributed by atoms with Crippen molar-refractivity contribution in [2.75, 3.05) is 0 Å². The van der Waals surface area contributed by atoms with Crippen molar-refractivity contribution < 1.29 is 18.6 Å². The second-order valence-corrected chi connectivity index (χ2v) is 7.57. The van der Waals surface area contributed by atoms with Gasteiger partial charge in [-0.2, -0.15) is 8.78 Å². The molecule has 2 atom stereocenters. The van der Waals surface area contributed by atoms with Gasteiger partial charge in [-0.3, -0.25) is 0 Å². The van der Waals surface area contributed by atoms with E-state index in [1.165, 1.54) is 12.1 Å². The summed E-state index contributed by atoms with van der Waals surface area (Å²) in [6.45, 7) is -2.91. The average molecular weight is 444 g/mol. The molecule has 2 aromatic carbocycles. The Kier molecular flexibility index (Phi) is 4.62. The minimum Gasteiger partial charge on any atom is -0.435 e. The van der Waals surface area contributed by atoms with Gasteiger partial charge in [-0.15, -0.1) is 0 Å². The summed E-state index contributed by atoms with van der Waals surface area (Å²) in [5, 5.41) is 10.8. The highest BCUT2D eigenvalue weighted by Crippen LogP contribution is 2.41. The van der Waals surface area contributed by atoms with E-state index >= 15 is 0 Å². The van der Waals surface area contributed by atoms with Gasteiger partial charge in [-0.25, -0.2) is 4.98 Å². The lowest BCUT2D eigenvalue weighted by atomic mass is 10.0. The maximum absolute atomic E-state index is 12.7. The number of ether oxygens (including phenoxy) is 1. The van der Waals surface area contributed by atoms with E-state index in [9.17, 15) is 13.9 Å². The third kappa shape index (κ3) is 3.19. The maximum atomic E-state index is 12.7. The molecule has 1 aliphatic heterocycles. The van der Waals surface area contributed by atoms with Gasteiger partial charge >= 0.3 is 6.61 Å². The molecule has 26 heavy (non-hydrogen) atoms. The summed E-state index contributed by atoms with van der Waals surface area (Å²) in [6.07, 6.45) is 0.139. The van der Waals surface area contributed by atoms with Gasteiger partial charge in [0.25, 0.3) is 0 Å². The van der Waals surface area contributed by atoms with Crippen LogP contribution in [0.4, 0.5) is 8.78 Å². The van der Waals surface area contributed by atoms with Crippen LogP contribution < -0.4 is 4.74 Å². The Morgan fingerprint density at radius 3 is 2.88 bits per heavy atom. The Morgan fingerprint density at radius 1 is 1.31 bits per heavy atom. The average Bonchev–Trinajstić information content (AvgIpc) is 3.08. The highest BCUT2D eigenvalue weighted by Gasteiger charge is 2.33. The first-order chi connectivity index (χ1) is 12.4. The lowest BCUT2D eigenvalue weighted by molar-refractivity contribution is -0.0505. The van der Waals surface area contributed by atoms with Crippen molar-refractivity contribution in [3.8, 4) is 5.75 Å². The Hall–Kier alpha value is -1.70. The molecule has 4 rings (SSSR count). The minimum absolute atomic E-state index is 0.0953. The molecule has 0 bridgehead atoms. The van der Waals surface area contributed by atoms with E-state index in [2.05, 4.69) is 25.7 Å². The largest absolute Gasteiger partial charge is 0.435 e. The van der Waals surface area contributed by atoms with Crippen molar-refractivity contribution in [2.45, 2.75) is 31.6 Å². The molecule has 2 unspecified atom stereocenters. The second kappa shape index (κ2) is 6.79. The number of imidazole rings is 1. The third-order valence-electron chi connectivity index (χ3n) is 4.53. The van der Waals surface area contributed by atoms with Crippen molar-refractivity contribution in [2.24, 2.45) is 0 Å². The third-order valence-corrected chi connectivity index (χ3v) is 5.26. The van der Waals surface area contributed by atoms with Crippen molar-refractivity contribution in [1.29, 1.82) is 0 Å². The van der Waals surface area contributed by atoms with Gasteiger partial charge < -0.3 is 14.4 Å². The number of benzene rings is 2. The highest BCUT2D eigenvalue weighted by atomic mass is 79.9. The Labute approximate surface area is 161 Å². The van der Waals surface area contributed by atoms with Crippen LogP contribution in [0, 0.1) is 0 Å². The van der Waals surface area contributed by atoms with Crippen LogP contribution in [0.3, 0.4) is 0 Å². The molecule has 0 aliphatic carbocycles. The Balaban J connectivity index is 1.75. The van der Waals surface area contributed by atoms with Crippen LogP contribution in [0.25, 0.3) is 11.0 Å². The normalized spacial score (nSPS) is 19.3. The number of nitrogens with zero attached hydrogens (tertiary/aromatic N) is 2. The number of halogens is 4. The van der Waals surface area contributed by atoms with E-state index in [-0.39, 0.29) is 11.8 Å². The molecular weight excluding hydrogens is 430 g/mol. The van der Waals surface area contributed by atoms with E-state index in [0.29, 0.717) is 29.3 Å². The summed E-state index contributed by atoms with van der Waals surface area (Å²) in [5.41, 5.74) is 2.23. The van der Waals surface area contributed by atoms with Crippen LogP contribution in [0.2, 0.25) is 5.02 Å². The van der Waals surface area contributed by atoms with Gasteiger partial charge in [0.15, 0.2) is 0 Å². The lowest BCUT2D eigenvalue weighted by Gasteiger charge is -2.17. The van der Waals surface area contributed by atoms with Crippen LogP contribution in [-0.2, 0) is 6.42 Å². The maximum Gasteiger partial charge on any atom is 0.387 e. The molecular formula is C18H14BrClF2N2O2. The first-order valence-corrected chi connectivity index (χ1v) is 9.18. The molecule has 0 amide bonds. The first kappa shape index (κ1) is 17.7. The molecule has 2 heterocycles. The van der Waals surface area contributed by atoms with Crippen LogP contribution in [0.15, 0.2) is 40.9 Å². The first-order valence-electron chi connectivity index (χ1n) is 8.01. The summed E-state index contributed by atoms with van der Waals surface area (Å²) in [6, 6.07) is 10.1. The van der Waals surface area contributed by atoms with Gasteiger partial charge in [0.2, 0.25) is 0 Å². The summed E-state index contributed by atoms with van der Waals surface area (Å²) in [7, 11) is 0. The molecule has 1 aromatic heterocycles. The fraction of sp³-hybridized carbons (Fsp3) is 0.278. The predicted molar refractivity (Wildman–Crippen MR) is 97.8 cm³/mol. The molecule has 136 valence electrons. The van der Waals surface area contributed by atoms with Crippen molar-refractivity contribution >= 4 is 38.6 Å². The Morgan fingerprint density at radius 2 is 2.12 bits per heavy atom. The number of fused-ring (bicyclic) bond motifs is 3. The van der Waals surface area contributed by atoms with Gasteiger partial charge in [0, 0.05) is 22.0 Å². The molecule has 4 nitrogen and oxygen atoms in total. The fourth-order valence-electron chi connectivity index (χ4n) is 3.52. The van der Waals surface area contributed by atoms with Gasteiger partial charge in [-0.05, 0) is 48.4 Å². The van der Waals surface area contributed by atoms with Gasteiger partial charge in [0.1, 0.15) is 17.7 Å². The lowest BCUT2D eigenvalue weighted by Crippen LogP contribution is -2.10. The Bertz CT molecular complexity index is 979.